The Morgan fingerprint density at radius 2 is 1.86 bits per heavy atom. The van der Waals surface area contributed by atoms with Gasteiger partial charge in [-0.1, -0.05) is 30.7 Å². The van der Waals surface area contributed by atoms with Gasteiger partial charge in [0.2, 0.25) is 5.88 Å². The summed E-state index contributed by atoms with van der Waals surface area (Å²) in [6, 6.07) is 13.3. The topological polar surface area (TPSA) is 103 Å². The molecule has 4 aromatic rings. The van der Waals surface area contributed by atoms with Crippen molar-refractivity contribution < 1.29 is 35.6 Å². The molecule has 0 saturated carbocycles. The largest absolute Gasteiger partial charge is 0.467 e. The van der Waals surface area contributed by atoms with Gasteiger partial charge < -0.3 is 23.3 Å². The zero-order valence-corrected chi connectivity index (χ0v) is 29.4. The van der Waals surface area contributed by atoms with Crippen LogP contribution in [-0.2, 0) is 34.2 Å². The van der Waals surface area contributed by atoms with E-state index in [1.807, 2.05) is 32.9 Å². The molecular formula is C37H42F2N4O6S. The Kier molecular flexibility index (Phi) is 9.57. The summed E-state index contributed by atoms with van der Waals surface area (Å²) in [7, 11) is -4.25. The summed E-state index contributed by atoms with van der Waals surface area (Å²) in [5, 5.41) is 1.59. The zero-order valence-electron chi connectivity index (χ0n) is 28.6. The minimum Gasteiger partial charge on any atom is -0.467 e. The second kappa shape index (κ2) is 13.9. The maximum absolute atomic E-state index is 15.2. The van der Waals surface area contributed by atoms with E-state index in [0.717, 1.165) is 41.4 Å². The molecule has 3 aromatic carbocycles. The van der Waals surface area contributed by atoms with Crippen LogP contribution in [0, 0.1) is 12.7 Å². The van der Waals surface area contributed by atoms with Crippen LogP contribution in [0.3, 0.4) is 0 Å². The molecule has 266 valence electrons. The van der Waals surface area contributed by atoms with Crippen molar-refractivity contribution in [2.45, 2.75) is 76.0 Å². The van der Waals surface area contributed by atoms with E-state index in [9.17, 15) is 12.8 Å². The molecule has 4 heterocycles. The molecule has 0 bridgehead atoms. The fourth-order valence-electron chi connectivity index (χ4n) is 7.55. The van der Waals surface area contributed by atoms with Crippen molar-refractivity contribution in [3.05, 3.63) is 76.7 Å². The van der Waals surface area contributed by atoms with Crippen LogP contribution in [0.2, 0.25) is 0 Å². The van der Waals surface area contributed by atoms with Gasteiger partial charge in [0.15, 0.2) is 6.79 Å². The predicted molar refractivity (Wildman–Crippen MR) is 185 cm³/mol. The van der Waals surface area contributed by atoms with E-state index in [4.69, 9.17) is 23.4 Å². The molecule has 2 fully saturated rings. The molecule has 3 aliphatic rings. The number of benzene rings is 3. The minimum absolute atomic E-state index is 0.000236. The second-order valence-corrected chi connectivity index (χ2v) is 14.8. The summed E-state index contributed by atoms with van der Waals surface area (Å²) in [5.41, 5.74) is 2.86. The number of fused-ring (bicyclic) bond motifs is 3. The lowest BCUT2D eigenvalue weighted by atomic mass is 9.95. The van der Waals surface area contributed by atoms with Crippen LogP contribution in [0.1, 0.15) is 55.5 Å². The Morgan fingerprint density at radius 3 is 2.64 bits per heavy atom. The van der Waals surface area contributed by atoms with Crippen molar-refractivity contribution in [3.63, 3.8) is 0 Å². The van der Waals surface area contributed by atoms with Crippen molar-refractivity contribution in [3.8, 4) is 17.6 Å². The molecule has 0 radical (unpaired) electrons. The van der Waals surface area contributed by atoms with Gasteiger partial charge >= 0.3 is 16.1 Å². The van der Waals surface area contributed by atoms with E-state index in [-0.39, 0.29) is 42.5 Å². The first-order valence-electron chi connectivity index (χ1n) is 17.2. The molecule has 13 heteroatoms. The van der Waals surface area contributed by atoms with E-state index < -0.39 is 21.8 Å². The molecule has 0 unspecified atom stereocenters. The van der Waals surface area contributed by atoms with Crippen LogP contribution >= 0.6 is 0 Å². The number of alkyl halides is 1. The first-order valence-corrected chi connectivity index (χ1v) is 18.6. The summed E-state index contributed by atoms with van der Waals surface area (Å²) < 4.78 is 80.0. The molecule has 0 amide bonds. The molecule has 50 heavy (non-hydrogen) atoms. The molecule has 2 saturated heterocycles. The number of ether oxygens (including phenoxy) is 3. The number of aromatic nitrogens is 2. The number of nitrogens with zero attached hydrogens (tertiary/aromatic N) is 4. The average molecular weight is 709 g/mol. The molecule has 7 rings (SSSR count). The molecule has 10 nitrogen and oxygen atoms in total. The Labute approximate surface area is 291 Å². The molecular weight excluding hydrogens is 666 g/mol. The molecule has 1 aromatic heterocycles. The smallest absolute Gasteiger partial charge is 0.340 e. The number of hydrogen-bond acceptors (Lipinski definition) is 10. The standard InChI is InChI=1S/C37H42F2N4O6S/c1-4-29-31(39)12-9-25-17-27(48-23-46-5-2)18-33(34(25)29)42-16-13-30-32(21-42)40-36(47-22-37-14-6-15-43(37)20-26(38)19-37)41-35(30)49-50(44,45)28-10-7-24(3)8-11-28/h7-12,17-18,26H,4-6,13-16,19-23H2,1-3H3/t26-,37+/m1/s1. The van der Waals surface area contributed by atoms with Crippen molar-refractivity contribution in [2.24, 2.45) is 0 Å². The van der Waals surface area contributed by atoms with Gasteiger partial charge in [-0.15, -0.1) is 0 Å². The first-order chi connectivity index (χ1) is 24.1. The van der Waals surface area contributed by atoms with Gasteiger partial charge in [-0.05, 0) is 81.3 Å². The highest BCUT2D eigenvalue weighted by atomic mass is 32.2. The zero-order chi connectivity index (χ0) is 35.0. The summed E-state index contributed by atoms with van der Waals surface area (Å²) in [6.07, 6.45) is 1.99. The maximum Gasteiger partial charge on any atom is 0.340 e. The monoisotopic (exact) mass is 708 g/mol. The Balaban J connectivity index is 1.27. The minimum atomic E-state index is -4.25. The highest BCUT2D eigenvalue weighted by Gasteiger charge is 2.49. The summed E-state index contributed by atoms with van der Waals surface area (Å²) in [5.74, 6) is 0.183. The Bertz CT molecular complexity index is 2000. The summed E-state index contributed by atoms with van der Waals surface area (Å²) in [6.45, 7) is 8.26. The van der Waals surface area contributed by atoms with Gasteiger partial charge in [0.05, 0.1) is 17.8 Å². The van der Waals surface area contributed by atoms with E-state index in [2.05, 4.69) is 14.8 Å². The van der Waals surface area contributed by atoms with E-state index in [0.29, 0.717) is 61.5 Å². The van der Waals surface area contributed by atoms with Gasteiger partial charge in [0.25, 0.3) is 0 Å². The number of anilines is 1. The van der Waals surface area contributed by atoms with Gasteiger partial charge in [0.1, 0.15) is 29.2 Å². The highest BCUT2D eigenvalue weighted by molar-refractivity contribution is 7.87. The fraction of sp³-hybridized carbons (Fsp3) is 0.459. The van der Waals surface area contributed by atoms with Crippen LogP contribution in [0.5, 0.6) is 17.6 Å². The molecule has 3 aliphatic heterocycles. The lowest BCUT2D eigenvalue weighted by Gasteiger charge is -2.33. The lowest BCUT2D eigenvalue weighted by Crippen LogP contribution is -2.43. The van der Waals surface area contributed by atoms with Crippen molar-refractivity contribution in [1.82, 2.24) is 14.9 Å². The van der Waals surface area contributed by atoms with Crippen LogP contribution in [0.15, 0.2) is 53.4 Å². The quantitative estimate of drug-likeness (QED) is 0.0947. The van der Waals surface area contributed by atoms with Gasteiger partial charge in [0, 0.05) is 48.8 Å². The van der Waals surface area contributed by atoms with Crippen molar-refractivity contribution in [2.75, 3.05) is 44.5 Å². The van der Waals surface area contributed by atoms with E-state index in [1.54, 1.807) is 18.2 Å². The number of rotatable bonds is 12. The van der Waals surface area contributed by atoms with Gasteiger partial charge in [-0.2, -0.15) is 18.4 Å². The Morgan fingerprint density at radius 1 is 1.04 bits per heavy atom. The molecule has 0 spiro atoms. The van der Waals surface area contributed by atoms with Crippen LogP contribution in [0.25, 0.3) is 10.8 Å². The first kappa shape index (κ1) is 34.4. The van der Waals surface area contributed by atoms with E-state index >= 15 is 4.39 Å². The number of aryl methyl sites for hydroxylation is 2. The van der Waals surface area contributed by atoms with Crippen LogP contribution in [0.4, 0.5) is 14.5 Å². The molecule has 0 N–H and O–H groups in total. The van der Waals surface area contributed by atoms with Crippen LogP contribution in [-0.4, -0.2) is 74.6 Å². The maximum atomic E-state index is 15.2. The van der Waals surface area contributed by atoms with Crippen molar-refractivity contribution >= 4 is 26.6 Å². The second-order valence-electron chi connectivity index (χ2n) is 13.3. The third-order valence-corrected chi connectivity index (χ3v) is 11.3. The van der Waals surface area contributed by atoms with Gasteiger partial charge in [-0.25, -0.2) is 8.78 Å². The predicted octanol–water partition coefficient (Wildman–Crippen LogP) is 6.30. The lowest BCUT2D eigenvalue weighted by molar-refractivity contribution is 0.0225. The average Bonchev–Trinajstić information content (AvgIpc) is 3.62. The number of hydrogen-bond donors (Lipinski definition) is 0. The summed E-state index contributed by atoms with van der Waals surface area (Å²) >= 11 is 0. The fourth-order valence-corrected chi connectivity index (χ4v) is 8.47. The SMILES string of the molecule is CCOCOc1cc(N2CCc3c(nc(OC[C@@]45CCCN4C[C@H](F)C5)nc3OS(=O)(=O)c3ccc(C)cc3)C2)c2c(CC)c(F)ccc2c1. The van der Waals surface area contributed by atoms with Crippen LogP contribution < -0.4 is 18.6 Å². The highest BCUT2D eigenvalue weighted by Crippen LogP contribution is 2.42. The van der Waals surface area contributed by atoms with Crippen molar-refractivity contribution in [1.29, 1.82) is 0 Å². The summed E-state index contributed by atoms with van der Waals surface area (Å²) in [4.78, 5) is 13.5. The van der Waals surface area contributed by atoms with E-state index in [1.165, 1.54) is 18.2 Å². The molecule has 2 atom stereocenters. The Hall–Kier alpha value is -4.07. The number of halogens is 2. The third-order valence-electron chi connectivity index (χ3n) is 10.1. The third kappa shape index (κ3) is 6.70. The molecule has 0 aliphatic carbocycles. The normalized spacial score (nSPS) is 20.6. The van der Waals surface area contributed by atoms with Gasteiger partial charge in [-0.3, -0.25) is 4.90 Å².